The van der Waals surface area contributed by atoms with E-state index in [-0.39, 0.29) is 23.2 Å². The molecule has 1 N–H and O–H groups in total. The Bertz CT molecular complexity index is 1130. The van der Waals surface area contributed by atoms with E-state index in [1.165, 1.54) is 11.0 Å². The maximum atomic E-state index is 13.6. The van der Waals surface area contributed by atoms with Crippen molar-refractivity contribution in [1.29, 1.82) is 0 Å². The van der Waals surface area contributed by atoms with Gasteiger partial charge in [0.15, 0.2) is 0 Å². The molecule has 0 saturated carbocycles. The van der Waals surface area contributed by atoms with Gasteiger partial charge in [-0.25, -0.2) is 12.8 Å². The molecule has 0 radical (unpaired) electrons. The third kappa shape index (κ3) is 7.58. The van der Waals surface area contributed by atoms with Gasteiger partial charge in [0.25, 0.3) is 0 Å². The van der Waals surface area contributed by atoms with E-state index in [1.54, 1.807) is 31.2 Å². The quantitative estimate of drug-likeness (QED) is 0.439. The molecule has 0 aliphatic heterocycles. The van der Waals surface area contributed by atoms with E-state index in [0.29, 0.717) is 17.1 Å². The van der Waals surface area contributed by atoms with Crippen molar-refractivity contribution in [2.24, 2.45) is 0 Å². The van der Waals surface area contributed by atoms with Crippen LogP contribution in [0.15, 0.2) is 42.5 Å². The SMILES string of the molecule is CCCCNC(=O)[C@@H](C)N(Cc1ccccc1Cl)C(=O)CN(c1ccc(F)c(Cl)c1)S(C)(=O)=O. The molecule has 0 unspecified atom stereocenters. The van der Waals surface area contributed by atoms with Gasteiger partial charge in [-0.2, -0.15) is 0 Å². The van der Waals surface area contributed by atoms with Crippen LogP contribution >= 0.6 is 23.2 Å². The first-order valence-electron chi connectivity index (χ1n) is 10.7. The summed E-state index contributed by atoms with van der Waals surface area (Å²) >= 11 is 12.1. The smallest absolute Gasteiger partial charge is 0.244 e. The van der Waals surface area contributed by atoms with Crippen LogP contribution in [0.4, 0.5) is 10.1 Å². The third-order valence-corrected chi connectivity index (χ3v) is 6.96. The fraction of sp³-hybridized carbons (Fsp3) is 0.391. The van der Waals surface area contributed by atoms with Crippen LogP contribution in [-0.4, -0.2) is 50.5 Å². The molecule has 2 amide bonds. The van der Waals surface area contributed by atoms with Crippen LogP contribution in [0.25, 0.3) is 0 Å². The minimum Gasteiger partial charge on any atom is -0.354 e. The molecule has 11 heteroatoms. The van der Waals surface area contributed by atoms with Gasteiger partial charge in [0.1, 0.15) is 18.4 Å². The first kappa shape index (κ1) is 27.9. The summed E-state index contributed by atoms with van der Waals surface area (Å²) in [5, 5.41) is 2.92. The zero-order chi connectivity index (χ0) is 25.5. The van der Waals surface area contributed by atoms with Crippen molar-refractivity contribution in [3.63, 3.8) is 0 Å². The third-order valence-electron chi connectivity index (χ3n) is 5.17. The van der Waals surface area contributed by atoms with Crippen LogP contribution in [0.1, 0.15) is 32.3 Å². The number of carbonyl (C=O) groups is 2. The van der Waals surface area contributed by atoms with E-state index in [1.807, 2.05) is 6.92 Å². The number of halogens is 3. The van der Waals surface area contributed by atoms with E-state index in [0.717, 1.165) is 35.5 Å². The molecule has 0 fully saturated rings. The fourth-order valence-corrected chi connectivity index (χ4v) is 4.39. The molecular formula is C23H28Cl2FN3O4S. The molecule has 2 rings (SSSR count). The lowest BCUT2D eigenvalue weighted by Gasteiger charge is -2.31. The average molecular weight is 532 g/mol. The van der Waals surface area contributed by atoms with Gasteiger partial charge in [0, 0.05) is 18.1 Å². The Morgan fingerprint density at radius 1 is 1.12 bits per heavy atom. The highest BCUT2D eigenvalue weighted by Gasteiger charge is 2.30. The first-order valence-corrected chi connectivity index (χ1v) is 13.3. The van der Waals surface area contributed by atoms with Crippen LogP contribution in [0.2, 0.25) is 10.0 Å². The van der Waals surface area contributed by atoms with Gasteiger partial charge in [-0.3, -0.25) is 13.9 Å². The number of amides is 2. The van der Waals surface area contributed by atoms with Crippen molar-refractivity contribution in [2.45, 2.75) is 39.3 Å². The predicted octanol–water partition coefficient (Wildman–Crippen LogP) is 4.23. The summed E-state index contributed by atoms with van der Waals surface area (Å²) in [5.74, 6) is -1.73. The maximum Gasteiger partial charge on any atom is 0.244 e. The topological polar surface area (TPSA) is 86.8 Å². The van der Waals surface area contributed by atoms with Crippen LogP contribution in [0, 0.1) is 5.82 Å². The van der Waals surface area contributed by atoms with Crippen molar-refractivity contribution in [3.8, 4) is 0 Å². The number of anilines is 1. The summed E-state index contributed by atoms with van der Waals surface area (Å²) in [4.78, 5) is 27.4. The van der Waals surface area contributed by atoms with Crippen molar-refractivity contribution in [2.75, 3.05) is 23.7 Å². The summed E-state index contributed by atoms with van der Waals surface area (Å²) in [6.45, 7) is 3.39. The zero-order valence-corrected chi connectivity index (χ0v) is 21.6. The average Bonchev–Trinajstić information content (AvgIpc) is 2.77. The molecule has 0 saturated heterocycles. The summed E-state index contributed by atoms with van der Waals surface area (Å²) in [6, 6.07) is 9.33. The lowest BCUT2D eigenvalue weighted by Crippen LogP contribution is -2.51. The van der Waals surface area contributed by atoms with Crippen molar-refractivity contribution >= 4 is 50.7 Å². The zero-order valence-electron chi connectivity index (χ0n) is 19.2. The number of carbonyl (C=O) groups excluding carboxylic acids is 2. The molecule has 2 aromatic carbocycles. The first-order chi connectivity index (χ1) is 16.0. The second-order valence-electron chi connectivity index (χ2n) is 7.80. The number of nitrogens with zero attached hydrogens (tertiary/aromatic N) is 2. The molecule has 0 spiro atoms. The van der Waals surface area contributed by atoms with Crippen LogP contribution in [-0.2, 0) is 26.2 Å². The van der Waals surface area contributed by atoms with Gasteiger partial charge in [-0.05, 0) is 43.2 Å². The molecule has 0 aromatic heterocycles. The Morgan fingerprint density at radius 3 is 2.38 bits per heavy atom. The molecule has 2 aromatic rings. The van der Waals surface area contributed by atoms with Crippen LogP contribution in [0.3, 0.4) is 0 Å². The van der Waals surface area contributed by atoms with Crippen molar-refractivity contribution in [3.05, 3.63) is 63.9 Å². The minimum atomic E-state index is -3.94. The predicted molar refractivity (Wildman–Crippen MR) is 133 cm³/mol. The van der Waals surface area contributed by atoms with Gasteiger partial charge < -0.3 is 10.2 Å². The molecule has 1 atom stereocenters. The number of nitrogens with one attached hydrogen (secondary N) is 1. The molecular weight excluding hydrogens is 504 g/mol. The van der Waals surface area contributed by atoms with E-state index >= 15 is 0 Å². The molecule has 0 bridgehead atoms. The number of hydrogen-bond acceptors (Lipinski definition) is 4. The normalized spacial score (nSPS) is 12.2. The van der Waals surface area contributed by atoms with Gasteiger partial charge in [-0.15, -0.1) is 0 Å². The van der Waals surface area contributed by atoms with Gasteiger partial charge in [0.2, 0.25) is 21.8 Å². The van der Waals surface area contributed by atoms with E-state index < -0.39 is 34.3 Å². The monoisotopic (exact) mass is 531 g/mol. The fourth-order valence-electron chi connectivity index (χ4n) is 3.18. The van der Waals surface area contributed by atoms with E-state index in [9.17, 15) is 22.4 Å². The van der Waals surface area contributed by atoms with Crippen LogP contribution < -0.4 is 9.62 Å². The Balaban J connectivity index is 2.38. The molecule has 186 valence electrons. The highest BCUT2D eigenvalue weighted by molar-refractivity contribution is 7.92. The van der Waals surface area contributed by atoms with E-state index in [4.69, 9.17) is 23.2 Å². The van der Waals surface area contributed by atoms with Crippen molar-refractivity contribution < 1.29 is 22.4 Å². The molecule has 0 aliphatic rings. The highest BCUT2D eigenvalue weighted by atomic mass is 35.5. The molecule has 34 heavy (non-hydrogen) atoms. The summed E-state index contributed by atoms with van der Waals surface area (Å²) in [7, 11) is -3.94. The maximum absolute atomic E-state index is 13.6. The number of hydrogen-bond donors (Lipinski definition) is 1. The molecule has 0 heterocycles. The summed E-state index contributed by atoms with van der Waals surface area (Å²) in [6.07, 6.45) is 2.60. The minimum absolute atomic E-state index is 0.0113. The molecule has 0 aliphatic carbocycles. The second-order valence-corrected chi connectivity index (χ2v) is 10.5. The summed E-state index contributed by atoms with van der Waals surface area (Å²) in [5.41, 5.74) is 0.626. The van der Waals surface area contributed by atoms with Gasteiger partial charge in [-0.1, -0.05) is 54.7 Å². The Hall–Kier alpha value is -2.36. The van der Waals surface area contributed by atoms with Gasteiger partial charge >= 0.3 is 0 Å². The second kappa shape index (κ2) is 12.4. The summed E-state index contributed by atoms with van der Waals surface area (Å²) < 4.78 is 39.4. The Kier molecular flexibility index (Phi) is 10.1. The number of unbranched alkanes of at least 4 members (excludes halogenated alkanes) is 1. The lowest BCUT2D eigenvalue weighted by molar-refractivity contribution is -0.139. The van der Waals surface area contributed by atoms with E-state index in [2.05, 4.69) is 5.32 Å². The molecule has 7 nitrogen and oxygen atoms in total. The lowest BCUT2D eigenvalue weighted by atomic mass is 10.1. The van der Waals surface area contributed by atoms with Gasteiger partial charge in [0.05, 0.1) is 17.0 Å². The highest BCUT2D eigenvalue weighted by Crippen LogP contribution is 2.25. The standard InChI is InChI=1S/C23H28Cl2FN3O4S/c1-4-5-12-27-23(31)16(2)28(14-17-8-6-7-9-19(17)24)22(30)15-29(34(3,32)33)18-10-11-21(26)20(25)13-18/h6-11,13,16H,4-5,12,14-15H2,1-3H3,(H,27,31)/t16-/m1/s1. The number of benzene rings is 2. The Labute approximate surface area is 209 Å². The number of rotatable bonds is 11. The number of sulfonamides is 1. The largest absolute Gasteiger partial charge is 0.354 e. The van der Waals surface area contributed by atoms with Crippen molar-refractivity contribution in [1.82, 2.24) is 10.2 Å². The van der Waals surface area contributed by atoms with Crippen LogP contribution in [0.5, 0.6) is 0 Å². The Morgan fingerprint density at radius 2 is 1.79 bits per heavy atom.